The molecular formula is C29H40N8O2. The van der Waals surface area contributed by atoms with Crippen molar-refractivity contribution in [2.75, 3.05) is 31.7 Å². The molecule has 2 aliphatic heterocycles. The van der Waals surface area contributed by atoms with Crippen molar-refractivity contribution in [1.82, 2.24) is 34.0 Å². The quantitative estimate of drug-likeness (QED) is 0.349. The summed E-state index contributed by atoms with van der Waals surface area (Å²) >= 11 is 0. The van der Waals surface area contributed by atoms with Crippen LogP contribution in [0.3, 0.4) is 0 Å². The number of piperazine rings is 1. The van der Waals surface area contributed by atoms with Gasteiger partial charge in [0.05, 0.1) is 19.8 Å². The maximum Gasteiger partial charge on any atom is 0.258 e. The van der Waals surface area contributed by atoms with Gasteiger partial charge in [0.2, 0.25) is 0 Å². The summed E-state index contributed by atoms with van der Waals surface area (Å²) < 4.78 is 15.8. The molecule has 0 spiro atoms. The SMILES string of the molecule is COc1cccc([C@@H](C(C)C)N2C[C@H](C)N(c3nc4nncn4c4c3nc(C)n4CC3CCCO3)C[C@H]2C)c1. The number of ether oxygens (including phenoxy) is 2. The van der Waals surface area contributed by atoms with E-state index in [1.807, 2.05) is 10.5 Å². The molecule has 0 amide bonds. The first-order chi connectivity index (χ1) is 18.9. The third kappa shape index (κ3) is 4.63. The van der Waals surface area contributed by atoms with Crippen molar-refractivity contribution in [3.05, 3.63) is 42.0 Å². The first kappa shape index (κ1) is 26.0. The van der Waals surface area contributed by atoms with Crippen LogP contribution in [0.1, 0.15) is 58.0 Å². The molecule has 10 nitrogen and oxygen atoms in total. The van der Waals surface area contributed by atoms with Gasteiger partial charge in [-0.25, -0.2) is 9.38 Å². The van der Waals surface area contributed by atoms with E-state index in [1.54, 1.807) is 13.4 Å². The Labute approximate surface area is 229 Å². The molecule has 5 heterocycles. The zero-order chi connectivity index (χ0) is 27.3. The van der Waals surface area contributed by atoms with E-state index < -0.39 is 0 Å². The fraction of sp³-hybridized carbons (Fsp3) is 0.586. The number of hydrogen-bond donors (Lipinski definition) is 0. The van der Waals surface area contributed by atoms with Gasteiger partial charge in [0.1, 0.15) is 23.4 Å². The number of rotatable bonds is 7. The van der Waals surface area contributed by atoms with Crippen molar-refractivity contribution in [2.45, 2.75) is 78.2 Å². The zero-order valence-corrected chi connectivity index (χ0v) is 23.9. The lowest BCUT2D eigenvalue weighted by Crippen LogP contribution is -2.58. The van der Waals surface area contributed by atoms with E-state index in [0.717, 1.165) is 67.6 Å². The van der Waals surface area contributed by atoms with Crippen LogP contribution in [0.4, 0.5) is 5.82 Å². The highest BCUT2D eigenvalue weighted by atomic mass is 16.5. The van der Waals surface area contributed by atoms with E-state index >= 15 is 0 Å². The third-order valence-corrected chi connectivity index (χ3v) is 8.45. The van der Waals surface area contributed by atoms with E-state index in [-0.39, 0.29) is 12.1 Å². The van der Waals surface area contributed by atoms with Gasteiger partial charge in [-0.15, -0.1) is 10.2 Å². The van der Waals surface area contributed by atoms with Crippen molar-refractivity contribution in [3.63, 3.8) is 0 Å². The number of imidazole rings is 1. The Bertz CT molecular complexity index is 1460. The smallest absolute Gasteiger partial charge is 0.258 e. The maximum atomic E-state index is 5.98. The lowest BCUT2D eigenvalue weighted by Gasteiger charge is -2.49. The van der Waals surface area contributed by atoms with Crippen LogP contribution in [0.25, 0.3) is 16.9 Å². The fourth-order valence-corrected chi connectivity index (χ4v) is 6.58. The van der Waals surface area contributed by atoms with E-state index in [4.69, 9.17) is 19.4 Å². The molecule has 208 valence electrons. The molecule has 39 heavy (non-hydrogen) atoms. The molecule has 0 saturated carbocycles. The second kappa shape index (κ2) is 10.4. The standard InChI is InChI=1S/C29H40N8O2/c1-18(2)26(22-9-7-10-23(13-22)38-6)34-14-20(4)35(15-19(34)3)27-25-28(37-17-30-33-29(37)32-27)36(21(5)31-25)16-24-11-8-12-39-24/h7,9-10,13,17-20,24,26H,8,11-12,14-16H2,1-6H3/t19-,20+,24?,26-/m1/s1. The molecule has 0 aliphatic carbocycles. The number of anilines is 1. The Hall–Kier alpha value is -3.24. The normalized spacial score (nSPS) is 23.4. The van der Waals surface area contributed by atoms with Gasteiger partial charge in [0, 0.05) is 37.8 Å². The molecule has 1 unspecified atom stereocenters. The number of hydrogen-bond acceptors (Lipinski definition) is 8. The van der Waals surface area contributed by atoms with E-state index in [9.17, 15) is 0 Å². The van der Waals surface area contributed by atoms with Crippen LogP contribution in [-0.2, 0) is 11.3 Å². The molecule has 4 atom stereocenters. The monoisotopic (exact) mass is 532 g/mol. The van der Waals surface area contributed by atoms with Gasteiger partial charge < -0.3 is 18.9 Å². The molecule has 1 aromatic carbocycles. The number of aryl methyl sites for hydroxylation is 1. The van der Waals surface area contributed by atoms with Crippen molar-refractivity contribution in [1.29, 1.82) is 0 Å². The second-order valence-corrected chi connectivity index (χ2v) is 11.5. The molecule has 0 N–H and O–H groups in total. The summed E-state index contributed by atoms with van der Waals surface area (Å²) in [4.78, 5) is 15.2. The van der Waals surface area contributed by atoms with Gasteiger partial charge in [-0.1, -0.05) is 26.0 Å². The lowest BCUT2D eigenvalue weighted by molar-refractivity contribution is 0.0820. The fourth-order valence-electron chi connectivity index (χ4n) is 6.58. The highest BCUT2D eigenvalue weighted by molar-refractivity contribution is 5.87. The van der Waals surface area contributed by atoms with Gasteiger partial charge in [0.15, 0.2) is 11.5 Å². The number of nitrogens with zero attached hydrogens (tertiary/aromatic N) is 8. The van der Waals surface area contributed by atoms with Crippen LogP contribution >= 0.6 is 0 Å². The average Bonchev–Trinajstić information content (AvgIpc) is 3.67. The maximum absolute atomic E-state index is 5.98. The number of methoxy groups -OCH3 is 1. The summed E-state index contributed by atoms with van der Waals surface area (Å²) in [5.41, 5.74) is 3.19. The molecular weight excluding hydrogens is 492 g/mol. The average molecular weight is 533 g/mol. The van der Waals surface area contributed by atoms with Crippen molar-refractivity contribution in [2.24, 2.45) is 5.92 Å². The minimum absolute atomic E-state index is 0.205. The molecule has 10 heteroatoms. The molecule has 2 fully saturated rings. The van der Waals surface area contributed by atoms with Gasteiger partial charge in [0.25, 0.3) is 5.78 Å². The predicted molar refractivity (Wildman–Crippen MR) is 151 cm³/mol. The molecule has 6 rings (SSSR count). The number of benzene rings is 1. The summed E-state index contributed by atoms with van der Waals surface area (Å²) in [5, 5.41) is 8.55. The Morgan fingerprint density at radius 1 is 1.13 bits per heavy atom. The molecule has 4 aromatic rings. The highest BCUT2D eigenvalue weighted by Crippen LogP contribution is 2.37. The van der Waals surface area contributed by atoms with E-state index in [0.29, 0.717) is 23.8 Å². The summed E-state index contributed by atoms with van der Waals surface area (Å²) in [5.74, 6) is 3.80. The van der Waals surface area contributed by atoms with Gasteiger partial charge in [-0.3, -0.25) is 4.90 Å². The summed E-state index contributed by atoms with van der Waals surface area (Å²) in [6.07, 6.45) is 4.13. The largest absolute Gasteiger partial charge is 0.497 e. The van der Waals surface area contributed by atoms with Gasteiger partial charge in [-0.2, -0.15) is 4.98 Å². The summed E-state index contributed by atoms with van der Waals surface area (Å²) in [7, 11) is 1.73. The summed E-state index contributed by atoms with van der Waals surface area (Å²) in [6.45, 7) is 14.7. The van der Waals surface area contributed by atoms with Crippen LogP contribution in [0.2, 0.25) is 0 Å². The molecule has 2 aliphatic rings. The Kier molecular flexibility index (Phi) is 6.93. The Morgan fingerprint density at radius 3 is 2.72 bits per heavy atom. The number of fused-ring (bicyclic) bond motifs is 3. The Morgan fingerprint density at radius 2 is 1.97 bits per heavy atom. The predicted octanol–water partition coefficient (Wildman–Crippen LogP) is 4.27. The highest BCUT2D eigenvalue weighted by Gasteiger charge is 2.37. The van der Waals surface area contributed by atoms with Crippen LogP contribution in [0, 0.1) is 12.8 Å². The topological polar surface area (TPSA) is 85.8 Å². The Balaban J connectivity index is 1.36. The summed E-state index contributed by atoms with van der Waals surface area (Å²) in [6, 6.07) is 9.35. The van der Waals surface area contributed by atoms with Crippen molar-refractivity contribution < 1.29 is 9.47 Å². The van der Waals surface area contributed by atoms with E-state index in [2.05, 4.69) is 77.4 Å². The van der Waals surface area contributed by atoms with Crippen LogP contribution in [0.15, 0.2) is 30.6 Å². The van der Waals surface area contributed by atoms with Crippen LogP contribution < -0.4 is 9.64 Å². The molecule has 0 radical (unpaired) electrons. The first-order valence-electron chi connectivity index (χ1n) is 14.2. The zero-order valence-electron chi connectivity index (χ0n) is 23.9. The first-order valence-corrected chi connectivity index (χ1v) is 14.2. The molecule has 0 bridgehead atoms. The molecule has 3 aromatic heterocycles. The third-order valence-electron chi connectivity index (χ3n) is 8.45. The van der Waals surface area contributed by atoms with Crippen molar-refractivity contribution in [3.8, 4) is 5.75 Å². The van der Waals surface area contributed by atoms with Gasteiger partial charge in [-0.05, 0) is 57.2 Å². The van der Waals surface area contributed by atoms with Gasteiger partial charge >= 0.3 is 0 Å². The minimum atomic E-state index is 0.205. The van der Waals surface area contributed by atoms with E-state index in [1.165, 1.54) is 5.56 Å². The minimum Gasteiger partial charge on any atom is -0.497 e. The molecule has 2 saturated heterocycles. The lowest BCUT2D eigenvalue weighted by atomic mass is 9.91. The number of aromatic nitrogens is 6. The van der Waals surface area contributed by atoms with Crippen LogP contribution in [-0.4, -0.2) is 79.0 Å². The van der Waals surface area contributed by atoms with Crippen LogP contribution in [0.5, 0.6) is 5.75 Å². The second-order valence-electron chi connectivity index (χ2n) is 11.5. The van der Waals surface area contributed by atoms with Crippen molar-refractivity contribution >= 4 is 22.8 Å².